The molecular weight excluding hydrogens is 376 g/mol. The Morgan fingerprint density at radius 2 is 1.90 bits per heavy atom. The summed E-state index contributed by atoms with van der Waals surface area (Å²) in [5.41, 5.74) is 2.29. The lowest BCUT2D eigenvalue weighted by Gasteiger charge is -2.28. The van der Waals surface area contributed by atoms with Gasteiger partial charge in [-0.1, -0.05) is 36.4 Å². The molecule has 2 aliphatic rings. The first-order valence-electron chi connectivity index (χ1n) is 9.18. The number of rotatable bonds is 4. The van der Waals surface area contributed by atoms with Crippen molar-refractivity contribution in [1.29, 1.82) is 0 Å². The van der Waals surface area contributed by atoms with E-state index >= 15 is 0 Å². The lowest BCUT2D eigenvalue weighted by atomic mass is 10.1. The average Bonchev–Trinajstić information content (AvgIpc) is 3.05. The zero-order valence-electron chi connectivity index (χ0n) is 15.4. The number of carbonyl (C=O) groups is 4. The third kappa shape index (κ3) is 3.82. The Labute approximate surface area is 166 Å². The van der Waals surface area contributed by atoms with Crippen molar-refractivity contribution in [3.05, 3.63) is 65.2 Å². The van der Waals surface area contributed by atoms with Crippen LogP contribution in [0.1, 0.15) is 34.3 Å². The number of esters is 2. The van der Waals surface area contributed by atoms with Crippen molar-refractivity contribution in [3.8, 4) is 0 Å². The van der Waals surface area contributed by atoms with E-state index in [1.165, 1.54) is 4.90 Å². The number of hydrogen-bond donors (Lipinski definition) is 1. The van der Waals surface area contributed by atoms with Crippen molar-refractivity contribution in [2.24, 2.45) is 0 Å². The molecule has 0 aromatic heterocycles. The van der Waals surface area contributed by atoms with E-state index in [9.17, 15) is 19.2 Å². The second-order valence-electron chi connectivity index (χ2n) is 6.80. The lowest BCUT2D eigenvalue weighted by molar-refractivity contribution is -0.167. The summed E-state index contributed by atoms with van der Waals surface area (Å²) in [4.78, 5) is 49.6. The van der Waals surface area contributed by atoms with Crippen LogP contribution in [-0.2, 0) is 32.2 Å². The Kier molecular flexibility index (Phi) is 4.99. The van der Waals surface area contributed by atoms with Crippen LogP contribution in [0.2, 0.25) is 0 Å². The monoisotopic (exact) mass is 394 g/mol. The number of cyclic esters (lactones) is 2. The molecule has 0 aliphatic carbocycles. The minimum Gasteiger partial charge on any atom is -0.444 e. The summed E-state index contributed by atoms with van der Waals surface area (Å²) < 4.78 is 9.90. The van der Waals surface area contributed by atoms with E-state index in [0.29, 0.717) is 16.8 Å². The van der Waals surface area contributed by atoms with Gasteiger partial charge >= 0.3 is 18.0 Å². The van der Waals surface area contributed by atoms with Crippen LogP contribution in [0.4, 0.5) is 10.5 Å². The third-order valence-corrected chi connectivity index (χ3v) is 4.93. The maximum absolute atomic E-state index is 12.8. The van der Waals surface area contributed by atoms with Gasteiger partial charge in [0.1, 0.15) is 12.6 Å². The number of carbonyl (C=O) groups excluding carboxylic acids is 4. The molecule has 148 valence electrons. The number of amides is 2. The average molecular weight is 394 g/mol. The highest BCUT2D eigenvalue weighted by atomic mass is 16.6. The first kappa shape index (κ1) is 18.7. The third-order valence-electron chi connectivity index (χ3n) is 4.93. The summed E-state index contributed by atoms with van der Waals surface area (Å²) in [5.74, 6) is -1.64. The van der Waals surface area contributed by atoms with Gasteiger partial charge in [-0.3, -0.25) is 14.9 Å². The Morgan fingerprint density at radius 3 is 2.66 bits per heavy atom. The van der Waals surface area contributed by atoms with Gasteiger partial charge in [0.05, 0.1) is 0 Å². The summed E-state index contributed by atoms with van der Waals surface area (Å²) in [6.45, 7) is 0.256. The molecule has 0 radical (unpaired) electrons. The van der Waals surface area contributed by atoms with Crippen molar-refractivity contribution in [2.75, 3.05) is 5.32 Å². The Bertz CT molecular complexity index is 988. The fourth-order valence-corrected chi connectivity index (χ4v) is 3.48. The summed E-state index contributed by atoms with van der Waals surface area (Å²) in [6.07, 6.45) is -0.344. The molecule has 2 heterocycles. The minimum atomic E-state index is -0.814. The van der Waals surface area contributed by atoms with Crippen molar-refractivity contribution in [1.82, 2.24) is 4.90 Å². The molecule has 0 saturated carbocycles. The van der Waals surface area contributed by atoms with Crippen molar-refractivity contribution < 1.29 is 28.7 Å². The molecule has 8 nitrogen and oxygen atoms in total. The predicted octanol–water partition coefficient (Wildman–Crippen LogP) is 2.62. The quantitative estimate of drug-likeness (QED) is 0.632. The summed E-state index contributed by atoms with van der Waals surface area (Å²) in [5, 5.41) is 2.66. The Balaban J connectivity index is 1.46. The van der Waals surface area contributed by atoms with Gasteiger partial charge in [0, 0.05) is 29.8 Å². The predicted molar refractivity (Wildman–Crippen MR) is 101 cm³/mol. The van der Waals surface area contributed by atoms with E-state index in [2.05, 4.69) is 10.1 Å². The molecule has 2 amide bonds. The molecule has 0 spiro atoms. The molecule has 29 heavy (non-hydrogen) atoms. The number of nitrogens with one attached hydrogen (secondary N) is 1. The van der Waals surface area contributed by atoms with E-state index in [1.54, 1.807) is 18.2 Å². The number of anilines is 1. The normalized spacial score (nSPS) is 18.3. The van der Waals surface area contributed by atoms with Crippen molar-refractivity contribution in [3.63, 3.8) is 0 Å². The highest BCUT2D eigenvalue weighted by molar-refractivity contribution is 6.04. The highest BCUT2D eigenvalue weighted by Crippen LogP contribution is 2.32. The van der Waals surface area contributed by atoms with Gasteiger partial charge in [-0.25, -0.2) is 9.59 Å². The number of fused-ring (bicyclic) bond motifs is 1. The van der Waals surface area contributed by atoms with E-state index < -0.39 is 24.1 Å². The number of nitrogens with zero attached hydrogens (tertiary/aromatic N) is 1. The van der Waals surface area contributed by atoms with E-state index in [1.807, 2.05) is 30.3 Å². The van der Waals surface area contributed by atoms with Crippen LogP contribution in [0.25, 0.3) is 0 Å². The SMILES string of the molecule is O=C1CCC(N2Cc3c(NC(=O)OCc4ccccc4)cccc3C2=O)C(=O)O1. The smallest absolute Gasteiger partial charge is 0.411 e. The van der Waals surface area contributed by atoms with Gasteiger partial charge in [0.15, 0.2) is 0 Å². The molecule has 1 atom stereocenters. The van der Waals surface area contributed by atoms with Gasteiger partial charge in [-0.2, -0.15) is 0 Å². The Hall–Kier alpha value is -3.68. The zero-order valence-corrected chi connectivity index (χ0v) is 15.4. The van der Waals surface area contributed by atoms with Crippen LogP contribution in [0.15, 0.2) is 48.5 Å². The molecule has 1 N–H and O–H groups in total. The first-order valence-corrected chi connectivity index (χ1v) is 9.18. The van der Waals surface area contributed by atoms with Crippen LogP contribution in [0.3, 0.4) is 0 Å². The number of hydrogen-bond acceptors (Lipinski definition) is 6. The van der Waals surface area contributed by atoms with Gasteiger partial charge in [0.25, 0.3) is 5.91 Å². The molecule has 1 saturated heterocycles. The van der Waals surface area contributed by atoms with Crippen LogP contribution in [0, 0.1) is 0 Å². The fourth-order valence-electron chi connectivity index (χ4n) is 3.48. The van der Waals surface area contributed by atoms with Crippen LogP contribution in [0.5, 0.6) is 0 Å². The molecule has 1 fully saturated rings. The molecular formula is C21H18N2O6. The largest absolute Gasteiger partial charge is 0.444 e. The van der Waals surface area contributed by atoms with Gasteiger partial charge < -0.3 is 14.4 Å². The number of ether oxygens (including phenoxy) is 2. The molecule has 8 heteroatoms. The van der Waals surface area contributed by atoms with E-state index in [-0.39, 0.29) is 31.9 Å². The molecule has 0 bridgehead atoms. The fraction of sp³-hybridized carbons (Fsp3) is 0.238. The van der Waals surface area contributed by atoms with Gasteiger partial charge in [-0.15, -0.1) is 0 Å². The second kappa shape index (κ2) is 7.75. The van der Waals surface area contributed by atoms with Crippen LogP contribution < -0.4 is 5.32 Å². The molecule has 4 rings (SSSR count). The van der Waals surface area contributed by atoms with Crippen molar-refractivity contribution >= 4 is 29.6 Å². The van der Waals surface area contributed by atoms with Gasteiger partial charge in [0.2, 0.25) is 0 Å². The van der Waals surface area contributed by atoms with E-state index in [4.69, 9.17) is 4.74 Å². The molecule has 2 aromatic rings. The summed E-state index contributed by atoms with van der Waals surface area (Å²) in [6, 6.07) is 13.4. The second-order valence-corrected chi connectivity index (χ2v) is 6.80. The lowest BCUT2D eigenvalue weighted by Crippen LogP contribution is -2.46. The number of benzene rings is 2. The summed E-state index contributed by atoms with van der Waals surface area (Å²) in [7, 11) is 0. The minimum absolute atomic E-state index is 0.0768. The molecule has 2 aliphatic heterocycles. The van der Waals surface area contributed by atoms with E-state index in [0.717, 1.165) is 5.56 Å². The Morgan fingerprint density at radius 1 is 1.10 bits per heavy atom. The topological polar surface area (TPSA) is 102 Å². The maximum atomic E-state index is 12.8. The van der Waals surface area contributed by atoms with Crippen molar-refractivity contribution in [2.45, 2.75) is 32.0 Å². The zero-order chi connectivity index (χ0) is 20.4. The van der Waals surface area contributed by atoms with Crippen LogP contribution >= 0.6 is 0 Å². The molecule has 1 unspecified atom stereocenters. The highest BCUT2D eigenvalue weighted by Gasteiger charge is 2.41. The summed E-state index contributed by atoms with van der Waals surface area (Å²) >= 11 is 0. The van der Waals surface area contributed by atoms with Crippen LogP contribution in [-0.4, -0.2) is 34.9 Å². The molecule has 2 aromatic carbocycles. The maximum Gasteiger partial charge on any atom is 0.411 e. The standard InChI is InChI=1S/C21H18N2O6/c24-18-10-9-17(20(26)29-18)23-11-15-14(19(23)25)7-4-8-16(15)22-21(27)28-12-13-5-2-1-3-6-13/h1-8,17H,9-12H2,(H,22,27). The first-order chi connectivity index (χ1) is 14.0. The van der Waals surface area contributed by atoms with Gasteiger partial charge in [-0.05, 0) is 24.1 Å².